The Morgan fingerprint density at radius 1 is 1.33 bits per heavy atom. The number of pyridine rings is 1. The first-order chi connectivity index (χ1) is 11.7. The van der Waals surface area contributed by atoms with Crippen molar-refractivity contribution in [3.8, 4) is 6.07 Å². The summed E-state index contributed by atoms with van der Waals surface area (Å²) < 4.78 is 0. The van der Waals surface area contributed by atoms with E-state index < -0.39 is 0 Å². The van der Waals surface area contributed by atoms with E-state index in [9.17, 15) is 4.79 Å². The molecule has 1 saturated heterocycles. The lowest BCUT2D eigenvalue weighted by Crippen LogP contribution is -2.49. The highest BCUT2D eigenvalue weighted by Gasteiger charge is 2.22. The van der Waals surface area contributed by atoms with E-state index in [1.807, 2.05) is 24.0 Å². The highest BCUT2D eigenvalue weighted by atomic mass is 16.2. The third-order valence-corrected chi connectivity index (χ3v) is 4.19. The number of piperazine rings is 1. The predicted octanol–water partition coefficient (Wildman–Crippen LogP) is 1.13. The Morgan fingerprint density at radius 3 is 2.79 bits per heavy atom. The number of imidazole rings is 1. The SMILES string of the molecule is CCc1cnc(CC(=O)N2CCN(c3cccc(C#N)n3)CC2)[nH]1. The summed E-state index contributed by atoms with van der Waals surface area (Å²) in [5.41, 5.74) is 1.46. The van der Waals surface area contributed by atoms with Crippen LogP contribution in [0.25, 0.3) is 0 Å². The molecule has 0 atom stereocenters. The number of rotatable bonds is 4. The number of carbonyl (C=O) groups excluding carboxylic acids is 1. The number of amides is 1. The molecule has 2 aromatic rings. The topological polar surface area (TPSA) is 88.9 Å². The van der Waals surface area contributed by atoms with Crippen LogP contribution in [-0.2, 0) is 17.6 Å². The van der Waals surface area contributed by atoms with Gasteiger partial charge in [-0.25, -0.2) is 9.97 Å². The van der Waals surface area contributed by atoms with E-state index in [0.29, 0.717) is 38.3 Å². The van der Waals surface area contributed by atoms with E-state index in [0.717, 1.165) is 23.8 Å². The summed E-state index contributed by atoms with van der Waals surface area (Å²) in [6, 6.07) is 7.48. The zero-order chi connectivity index (χ0) is 16.9. The largest absolute Gasteiger partial charge is 0.353 e. The molecule has 0 radical (unpaired) electrons. The van der Waals surface area contributed by atoms with Crippen LogP contribution in [0.3, 0.4) is 0 Å². The summed E-state index contributed by atoms with van der Waals surface area (Å²) in [5, 5.41) is 8.94. The molecule has 0 spiro atoms. The normalized spacial score (nSPS) is 14.5. The number of anilines is 1. The molecule has 1 fully saturated rings. The van der Waals surface area contributed by atoms with E-state index in [4.69, 9.17) is 5.26 Å². The summed E-state index contributed by atoms with van der Waals surface area (Å²) in [5.74, 6) is 1.60. The van der Waals surface area contributed by atoms with Gasteiger partial charge in [0.15, 0.2) is 0 Å². The monoisotopic (exact) mass is 324 g/mol. The van der Waals surface area contributed by atoms with E-state index >= 15 is 0 Å². The van der Waals surface area contributed by atoms with Crippen LogP contribution in [0, 0.1) is 11.3 Å². The smallest absolute Gasteiger partial charge is 0.230 e. The molecule has 24 heavy (non-hydrogen) atoms. The van der Waals surface area contributed by atoms with Gasteiger partial charge in [-0.1, -0.05) is 13.0 Å². The van der Waals surface area contributed by atoms with Crippen molar-refractivity contribution in [3.63, 3.8) is 0 Å². The molecule has 0 aliphatic carbocycles. The van der Waals surface area contributed by atoms with Gasteiger partial charge in [0.05, 0.1) is 6.42 Å². The lowest BCUT2D eigenvalue weighted by Gasteiger charge is -2.35. The molecule has 3 heterocycles. The van der Waals surface area contributed by atoms with Gasteiger partial charge in [0.1, 0.15) is 23.4 Å². The number of H-pyrrole nitrogens is 1. The maximum Gasteiger partial charge on any atom is 0.230 e. The average molecular weight is 324 g/mol. The van der Waals surface area contributed by atoms with Crippen LogP contribution >= 0.6 is 0 Å². The second-order valence-corrected chi connectivity index (χ2v) is 5.75. The van der Waals surface area contributed by atoms with Gasteiger partial charge in [-0.15, -0.1) is 0 Å². The zero-order valence-corrected chi connectivity index (χ0v) is 13.7. The van der Waals surface area contributed by atoms with Crippen LogP contribution in [0.4, 0.5) is 5.82 Å². The molecule has 3 rings (SSSR count). The first-order valence-corrected chi connectivity index (χ1v) is 8.12. The van der Waals surface area contributed by atoms with Crippen molar-refractivity contribution < 1.29 is 4.79 Å². The van der Waals surface area contributed by atoms with Crippen LogP contribution in [-0.4, -0.2) is 51.9 Å². The van der Waals surface area contributed by atoms with Crippen LogP contribution in [0.5, 0.6) is 0 Å². The van der Waals surface area contributed by atoms with Gasteiger partial charge in [0, 0.05) is 38.1 Å². The fraction of sp³-hybridized carbons (Fsp3) is 0.412. The molecule has 0 saturated carbocycles. The second kappa shape index (κ2) is 7.13. The predicted molar refractivity (Wildman–Crippen MR) is 89.4 cm³/mol. The van der Waals surface area contributed by atoms with Crippen molar-refractivity contribution in [2.45, 2.75) is 19.8 Å². The van der Waals surface area contributed by atoms with Crippen molar-refractivity contribution in [1.29, 1.82) is 5.26 Å². The number of aromatic amines is 1. The molecule has 0 bridgehead atoms. The molecule has 0 unspecified atom stereocenters. The molecule has 7 nitrogen and oxygen atoms in total. The van der Waals surface area contributed by atoms with Gasteiger partial charge in [0.2, 0.25) is 5.91 Å². The Kier molecular flexibility index (Phi) is 4.75. The lowest BCUT2D eigenvalue weighted by atomic mass is 10.2. The molecular weight excluding hydrogens is 304 g/mol. The third-order valence-electron chi connectivity index (χ3n) is 4.19. The minimum absolute atomic E-state index is 0.0883. The van der Waals surface area contributed by atoms with E-state index in [1.165, 1.54) is 0 Å². The van der Waals surface area contributed by atoms with Crippen molar-refractivity contribution in [2.24, 2.45) is 0 Å². The summed E-state index contributed by atoms with van der Waals surface area (Å²) in [6.07, 6.45) is 2.98. The first-order valence-electron chi connectivity index (χ1n) is 8.12. The van der Waals surface area contributed by atoms with Gasteiger partial charge >= 0.3 is 0 Å². The van der Waals surface area contributed by atoms with Crippen LogP contribution < -0.4 is 4.90 Å². The number of hydrogen-bond donors (Lipinski definition) is 1. The fourth-order valence-electron chi connectivity index (χ4n) is 2.78. The molecular formula is C17H20N6O. The zero-order valence-electron chi connectivity index (χ0n) is 13.7. The van der Waals surface area contributed by atoms with Gasteiger partial charge in [-0.2, -0.15) is 5.26 Å². The number of nitrogens with zero attached hydrogens (tertiary/aromatic N) is 5. The van der Waals surface area contributed by atoms with Gasteiger partial charge in [0.25, 0.3) is 0 Å². The van der Waals surface area contributed by atoms with Gasteiger partial charge < -0.3 is 14.8 Å². The minimum atomic E-state index is 0.0883. The molecule has 2 aromatic heterocycles. The number of aromatic nitrogens is 3. The molecule has 1 aliphatic rings. The van der Waals surface area contributed by atoms with E-state index in [2.05, 4.69) is 25.9 Å². The average Bonchev–Trinajstić information content (AvgIpc) is 3.09. The van der Waals surface area contributed by atoms with Crippen molar-refractivity contribution in [3.05, 3.63) is 41.6 Å². The molecule has 1 aliphatic heterocycles. The molecule has 7 heteroatoms. The standard InChI is InChI=1S/C17H20N6O/c1-2-13-12-19-15(20-13)10-17(24)23-8-6-22(7-9-23)16-5-3-4-14(11-18)21-16/h3-5,12H,2,6-10H2,1H3,(H,19,20). The Labute approximate surface area is 140 Å². The molecule has 0 aromatic carbocycles. The lowest BCUT2D eigenvalue weighted by molar-refractivity contribution is -0.130. The van der Waals surface area contributed by atoms with Gasteiger partial charge in [-0.3, -0.25) is 4.79 Å². The number of carbonyl (C=O) groups is 1. The Morgan fingerprint density at radius 2 is 2.12 bits per heavy atom. The summed E-state index contributed by atoms with van der Waals surface area (Å²) >= 11 is 0. The molecule has 124 valence electrons. The highest BCUT2D eigenvalue weighted by Crippen LogP contribution is 2.14. The fourth-order valence-corrected chi connectivity index (χ4v) is 2.78. The van der Waals surface area contributed by atoms with Crippen molar-refractivity contribution in [1.82, 2.24) is 19.9 Å². The third kappa shape index (κ3) is 3.54. The van der Waals surface area contributed by atoms with Crippen LogP contribution in [0.15, 0.2) is 24.4 Å². The Balaban J connectivity index is 1.56. The van der Waals surface area contributed by atoms with Gasteiger partial charge in [-0.05, 0) is 18.6 Å². The summed E-state index contributed by atoms with van der Waals surface area (Å²) in [6.45, 7) is 4.78. The van der Waals surface area contributed by atoms with Crippen LogP contribution in [0.1, 0.15) is 24.1 Å². The molecule has 1 N–H and O–H groups in total. The Bertz CT molecular complexity index is 754. The van der Waals surface area contributed by atoms with E-state index in [-0.39, 0.29) is 5.91 Å². The minimum Gasteiger partial charge on any atom is -0.353 e. The Hall–Kier alpha value is -2.88. The maximum atomic E-state index is 12.4. The summed E-state index contributed by atoms with van der Waals surface area (Å²) in [7, 11) is 0. The number of hydrogen-bond acceptors (Lipinski definition) is 5. The van der Waals surface area contributed by atoms with E-state index in [1.54, 1.807) is 12.3 Å². The van der Waals surface area contributed by atoms with Crippen LogP contribution in [0.2, 0.25) is 0 Å². The number of nitriles is 1. The number of nitrogens with one attached hydrogen (secondary N) is 1. The highest BCUT2D eigenvalue weighted by molar-refractivity contribution is 5.78. The molecule has 1 amide bonds. The maximum absolute atomic E-state index is 12.4. The quantitative estimate of drug-likeness (QED) is 0.910. The first kappa shape index (κ1) is 16.0. The summed E-state index contributed by atoms with van der Waals surface area (Å²) in [4.78, 5) is 28.1. The second-order valence-electron chi connectivity index (χ2n) is 5.75. The number of aryl methyl sites for hydroxylation is 1. The van der Waals surface area contributed by atoms with Crippen molar-refractivity contribution >= 4 is 11.7 Å². The van der Waals surface area contributed by atoms with Crippen molar-refractivity contribution in [2.75, 3.05) is 31.1 Å².